The molecule has 0 saturated heterocycles. The predicted molar refractivity (Wildman–Crippen MR) is 102 cm³/mol. The lowest BCUT2D eigenvalue weighted by atomic mass is 10.1. The summed E-state index contributed by atoms with van der Waals surface area (Å²) in [5.74, 6) is -0.344. The zero-order valence-electron chi connectivity index (χ0n) is 14.9. The normalized spacial score (nSPS) is 10.3. The number of methoxy groups -OCH3 is 2. The first-order chi connectivity index (χ1) is 13.0. The fourth-order valence-electron chi connectivity index (χ4n) is 2.70. The lowest BCUT2D eigenvalue weighted by molar-refractivity contribution is 0.100. The third-order valence-corrected chi connectivity index (χ3v) is 4.05. The summed E-state index contributed by atoms with van der Waals surface area (Å²) in [5, 5.41) is 2.72. The highest BCUT2D eigenvalue weighted by molar-refractivity contribution is 6.09. The predicted octanol–water partition coefficient (Wildman–Crippen LogP) is 2.85. The second-order valence-electron chi connectivity index (χ2n) is 5.71. The summed E-state index contributed by atoms with van der Waals surface area (Å²) < 4.78 is 12.3. The average molecular weight is 365 g/mol. The molecule has 1 aromatic heterocycles. The standard InChI is InChI=1S/C20H19N3O4/c1-26-17-11-15(19(21)24)16(12-18(17)27-2)22-20(25)13-6-5-7-14(10-13)23-8-3-4-9-23/h3-12H,1-2H3,(H2,21,24)(H,22,25). The Morgan fingerprint density at radius 2 is 1.63 bits per heavy atom. The van der Waals surface area contributed by atoms with Crippen LogP contribution >= 0.6 is 0 Å². The molecular formula is C20H19N3O4. The Hall–Kier alpha value is -3.74. The minimum Gasteiger partial charge on any atom is -0.493 e. The van der Waals surface area contributed by atoms with Crippen LogP contribution in [0.1, 0.15) is 20.7 Å². The molecule has 0 atom stereocenters. The number of anilines is 1. The summed E-state index contributed by atoms with van der Waals surface area (Å²) in [6.45, 7) is 0. The van der Waals surface area contributed by atoms with E-state index in [-0.39, 0.29) is 17.2 Å². The van der Waals surface area contributed by atoms with Crippen LogP contribution in [0.4, 0.5) is 5.69 Å². The molecule has 3 aromatic rings. The number of aromatic nitrogens is 1. The molecule has 3 N–H and O–H groups in total. The van der Waals surface area contributed by atoms with Crippen LogP contribution in [0, 0.1) is 0 Å². The van der Waals surface area contributed by atoms with Gasteiger partial charge in [0.25, 0.3) is 11.8 Å². The molecule has 0 fully saturated rings. The van der Waals surface area contributed by atoms with Crippen LogP contribution in [-0.4, -0.2) is 30.6 Å². The molecule has 2 amide bonds. The molecule has 0 aliphatic carbocycles. The number of amides is 2. The minimum absolute atomic E-state index is 0.127. The summed E-state index contributed by atoms with van der Waals surface area (Å²) in [4.78, 5) is 24.5. The van der Waals surface area contributed by atoms with Crippen LogP contribution in [-0.2, 0) is 0 Å². The summed E-state index contributed by atoms with van der Waals surface area (Å²) in [5.41, 5.74) is 7.10. The van der Waals surface area contributed by atoms with E-state index in [0.29, 0.717) is 17.1 Å². The van der Waals surface area contributed by atoms with Crippen LogP contribution < -0.4 is 20.5 Å². The molecule has 0 bridgehead atoms. The maximum atomic E-state index is 12.7. The first kappa shape index (κ1) is 18.1. The average Bonchev–Trinajstić information content (AvgIpc) is 3.22. The van der Waals surface area contributed by atoms with Crippen molar-refractivity contribution in [2.24, 2.45) is 5.73 Å². The van der Waals surface area contributed by atoms with E-state index < -0.39 is 5.91 Å². The summed E-state index contributed by atoms with van der Waals surface area (Å²) in [6.07, 6.45) is 3.77. The van der Waals surface area contributed by atoms with E-state index in [9.17, 15) is 9.59 Å². The van der Waals surface area contributed by atoms with E-state index in [1.54, 1.807) is 18.2 Å². The molecule has 0 unspecified atom stereocenters. The number of primary amides is 1. The maximum absolute atomic E-state index is 12.7. The van der Waals surface area contributed by atoms with E-state index in [1.807, 2.05) is 35.2 Å². The van der Waals surface area contributed by atoms with Gasteiger partial charge in [0.2, 0.25) is 0 Å². The van der Waals surface area contributed by atoms with Crippen LogP contribution in [0.15, 0.2) is 60.9 Å². The van der Waals surface area contributed by atoms with Gasteiger partial charge in [-0.05, 0) is 36.4 Å². The van der Waals surface area contributed by atoms with Crippen molar-refractivity contribution < 1.29 is 19.1 Å². The van der Waals surface area contributed by atoms with Crippen molar-refractivity contribution in [2.45, 2.75) is 0 Å². The van der Waals surface area contributed by atoms with Crippen molar-refractivity contribution in [3.05, 3.63) is 72.1 Å². The number of benzene rings is 2. The smallest absolute Gasteiger partial charge is 0.255 e. The van der Waals surface area contributed by atoms with Crippen molar-refractivity contribution >= 4 is 17.5 Å². The molecule has 27 heavy (non-hydrogen) atoms. The number of hydrogen-bond acceptors (Lipinski definition) is 4. The molecular weight excluding hydrogens is 346 g/mol. The summed E-state index contributed by atoms with van der Waals surface area (Å²) >= 11 is 0. The van der Waals surface area contributed by atoms with Gasteiger partial charge in [0.1, 0.15) is 0 Å². The molecule has 3 rings (SSSR count). The Labute approximate surface area is 156 Å². The largest absolute Gasteiger partial charge is 0.493 e. The van der Waals surface area contributed by atoms with Crippen molar-refractivity contribution in [1.82, 2.24) is 4.57 Å². The van der Waals surface area contributed by atoms with Crippen molar-refractivity contribution in [1.29, 1.82) is 0 Å². The molecule has 0 saturated carbocycles. The third-order valence-electron chi connectivity index (χ3n) is 4.05. The number of nitrogens with one attached hydrogen (secondary N) is 1. The number of ether oxygens (including phenoxy) is 2. The van der Waals surface area contributed by atoms with Crippen LogP contribution in [0.25, 0.3) is 5.69 Å². The van der Waals surface area contributed by atoms with Gasteiger partial charge in [-0.3, -0.25) is 9.59 Å². The van der Waals surface area contributed by atoms with E-state index in [4.69, 9.17) is 15.2 Å². The number of nitrogens with two attached hydrogens (primary N) is 1. The Bertz CT molecular complexity index is 981. The van der Waals surface area contributed by atoms with Crippen LogP contribution in [0.2, 0.25) is 0 Å². The Morgan fingerprint density at radius 3 is 2.26 bits per heavy atom. The lowest BCUT2D eigenvalue weighted by Gasteiger charge is -2.14. The molecule has 138 valence electrons. The highest BCUT2D eigenvalue weighted by Gasteiger charge is 2.17. The molecule has 7 nitrogen and oxygen atoms in total. The number of carbonyl (C=O) groups excluding carboxylic acids is 2. The van der Waals surface area contributed by atoms with E-state index in [2.05, 4.69) is 5.32 Å². The summed E-state index contributed by atoms with van der Waals surface area (Å²) in [7, 11) is 2.92. The van der Waals surface area contributed by atoms with Gasteiger partial charge in [-0.25, -0.2) is 0 Å². The highest BCUT2D eigenvalue weighted by Crippen LogP contribution is 2.33. The molecule has 2 aromatic carbocycles. The summed E-state index contributed by atoms with van der Waals surface area (Å²) in [6, 6.07) is 13.9. The quantitative estimate of drug-likeness (QED) is 0.702. The van der Waals surface area contributed by atoms with Crippen molar-refractivity contribution in [3.8, 4) is 17.2 Å². The SMILES string of the molecule is COc1cc(NC(=O)c2cccc(-n3cccc3)c2)c(C(N)=O)cc1OC. The van der Waals surface area contributed by atoms with E-state index >= 15 is 0 Å². The first-order valence-electron chi connectivity index (χ1n) is 8.14. The van der Waals surface area contributed by atoms with Gasteiger partial charge in [-0.1, -0.05) is 6.07 Å². The molecule has 0 aliphatic heterocycles. The zero-order valence-corrected chi connectivity index (χ0v) is 14.9. The van der Waals surface area contributed by atoms with Gasteiger partial charge in [0, 0.05) is 29.7 Å². The van der Waals surface area contributed by atoms with E-state index in [0.717, 1.165) is 5.69 Å². The van der Waals surface area contributed by atoms with Gasteiger partial charge in [0.05, 0.1) is 25.5 Å². The second kappa shape index (κ2) is 7.65. The fraction of sp³-hybridized carbons (Fsp3) is 0.100. The zero-order chi connectivity index (χ0) is 19.4. The van der Waals surface area contributed by atoms with Crippen molar-refractivity contribution in [3.63, 3.8) is 0 Å². The second-order valence-corrected chi connectivity index (χ2v) is 5.71. The van der Waals surface area contributed by atoms with Crippen molar-refractivity contribution in [2.75, 3.05) is 19.5 Å². The number of carbonyl (C=O) groups is 2. The monoisotopic (exact) mass is 365 g/mol. The van der Waals surface area contributed by atoms with Gasteiger partial charge < -0.3 is 25.1 Å². The molecule has 7 heteroatoms. The molecule has 0 spiro atoms. The van der Waals surface area contributed by atoms with Gasteiger partial charge in [-0.15, -0.1) is 0 Å². The highest BCUT2D eigenvalue weighted by atomic mass is 16.5. The number of nitrogens with zero attached hydrogens (tertiary/aromatic N) is 1. The number of hydrogen-bond donors (Lipinski definition) is 2. The van der Waals surface area contributed by atoms with Gasteiger partial charge in [0.15, 0.2) is 11.5 Å². The third kappa shape index (κ3) is 3.77. The van der Waals surface area contributed by atoms with E-state index in [1.165, 1.54) is 26.4 Å². The first-order valence-corrected chi connectivity index (χ1v) is 8.14. The van der Waals surface area contributed by atoms with Crippen LogP contribution in [0.3, 0.4) is 0 Å². The molecule has 0 aliphatic rings. The number of rotatable bonds is 6. The minimum atomic E-state index is -0.688. The fourth-order valence-corrected chi connectivity index (χ4v) is 2.70. The Kier molecular flexibility index (Phi) is 5.12. The van der Waals surface area contributed by atoms with Crippen LogP contribution in [0.5, 0.6) is 11.5 Å². The Balaban J connectivity index is 1.94. The van der Waals surface area contributed by atoms with Gasteiger partial charge in [-0.2, -0.15) is 0 Å². The van der Waals surface area contributed by atoms with Gasteiger partial charge >= 0.3 is 0 Å². The topological polar surface area (TPSA) is 95.6 Å². The maximum Gasteiger partial charge on any atom is 0.255 e. The molecule has 0 radical (unpaired) electrons. The lowest BCUT2D eigenvalue weighted by Crippen LogP contribution is -2.19. The Morgan fingerprint density at radius 1 is 0.963 bits per heavy atom. The molecule has 1 heterocycles.